The van der Waals surface area contributed by atoms with Crippen molar-refractivity contribution < 1.29 is 13.2 Å². The van der Waals surface area contributed by atoms with Crippen molar-refractivity contribution in [3.63, 3.8) is 0 Å². The fraction of sp³-hybridized carbons (Fsp3) is 1.00. The molecule has 21 heavy (non-hydrogen) atoms. The minimum absolute atomic E-state index is 0.0751. The van der Waals surface area contributed by atoms with Crippen molar-refractivity contribution in [2.24, 2.45) is 5.92 Å². The van der Waals surface area contributed by atoms with Crippen LogP contribution in [0, 0.1) is 5.92 Å². The molecule has 1 unspecified atom stereocenters. The van der Waals surface area contributed by atoms with E-state index in [2.05, 4.69) is 37.9 Å². The minimum Gasteiger partial charge on any atom is -0.308 e. The molecule has 1 aliphatic heterocycles. The molecule has 0 aromatic heterocycles. The van der Waals surface area contributed by atoms with Gasteiger partial charge in [0, 0.05) is 31.1 Å². The summed E-state index contributed by atoms with van der Waals surface area (Å²) in [5, 5.41) is 3.66. The second-order valence-corrected chi connectivity index (χ2v) is 6.84. The topological polar surface area (TPSA) is 15.3 Å². The summed E-state index contributed by atoms with van der Waals surface area (Å²) in [6, 6.07) is 0.365. The highest BCUT2D eigenvalue weighted by molar-refractivity contribution is 4.96. The molecule has 0 aromatic rings. The molecule has 0 radical (unpaired) electrons. The average molecular weight is 308 g/mol. The third kappa shape index (κ3) is 6.15. The lowest BCUT2D eigenvalue weighted by Gasteiger charge is -2.48. The molecule has 1 N–H and O–H groups in total. The van der Waals surface area contributed by atoms with E-state index in [9.17, 15) is 13.2 Å². The second kappa shape index (κ2) is 7.82. The predicted octanol–water partition coefficient (Wildman–Crippen LogP) is 4.21. The van der Waals surface area contributed by atoms with Crippen LogP contribution < -0.4 is 5.32 Å². The van der Waals surface area contributed by atoms with E-state index < -0.39 is 12.6 Å². The van der Waals surface area contributed by atoms with Crippen LogP contribution in [0.1, 0.15) is 59.8 Å². The number of hydrogen-bond donors (Lipinski definition) is 1. The van der Waals surface area contributed by atoms with Gasteiger partial charge in [0.2, 0.25) is 0 Å². The van der Waals surface area contributed by atoms with Gasteiger partial charge < -0.3 is 5.32 Å². The van der Waals surface area contributed by atoms with Crippen LogP contribution in [0.15, 0.2) is 0 Å². The number of rotatable bonds is 7. The fourth-order valence-corrected chi connectivity index (χ4v) is 3.28. The minimum atomic E-state index is -4.03. The van der Waals surface area contributed by atoms with Crippen LogP contribution in [0.3, 0.4) is 0 Å². The third-order valence-corrected chi connectivity index (χ3v) is 4.74. The van der Waals surface area contributed by atoms with Crippen LogP contribution in [0.4, 0.5) is 13.2 Å². The standard InChI is InChI=1S/C16H31F3N2/c1-5-15(6-2)12-21(9-7-8-16(17,18)19)14(11-20-15)10-13(3)4/h13-14,20H,5-12H2,1-4H3. The van der Waals surface area contributed by atoms with E-state index in [1.165, 1.54) is 0 Å². The van der Waals surface area contributed by atoms with Crippen molar-refractivity contribution in [2.75, 3.05) is 19.6 Å². The molecule has 1 atom stereocenters. The molecular formula is C16H31F3N2. The van der Waals surface area contributed by atoms with Crippen LogP contribution in [0.2, 0.25) is 0 Å². The number of hydrogen-bond acceptors (Lipinski definition) is 2. The Kier molecular flexibility index (Phi) is 6.98. The molecule has 2 nitrogen and oxygen atoms in total. The lowest BCUT2D eigenvalue weighted by molar-refractivity contribution is -0.136. The summed E-state index contributed by atoms with van der Waals surface area (Å²) in [5.74, 6) is 0.567. The molecule has 1 rings (SSSR count). The quantitative estimate of drug-likeness (QED) is 0.758. The van der Waals surface area contributed by atoms with Crippen molar-refractivity contribution in [1.29, 1.82) is 0 Å². The number of alkyl halides is 3. The number of halogens is 3. The van der Waals surface area contributed by atoms with E-state index >= 15 is 0 Å². The summed E-state index contributed by atoms with van der Waals surface area (Å²) in [7, 11) is 0. The Morgan fingerprint density at radius 3 is 2.33 bits per heavy atom. The largest absolute Gasteiger partial charge is 0.389 e. The lowest BCUT2D eigenvalue weighted by Crippen LogP contribution is -2.64. The molecule has 1 aliphatic rings. The van der Waals surface area contributed by atoms with Gasteiger partial charge in [-0.2, -0.15) is 13.2 Å². The molecule has 126 valence electrons. The maximum Gasteiger partial charge on any atom is 0.389 e. The van der Waals surface area contributed by atoms with E-state index in [1.807, 2.05) is 0 Å². The molecule has 0 aromatic carbocycles. The van der Waals surface area contributed by atoms with Crippen LogP contribution in [0.5, 0.6) is 0 Å². The van der Waals surface area contributed by atoms with Gasteiger partial charge >= 0.3 is 6.18 Å². The monoisotopic (exact) mass is 308 g/mol. The Labute approximate surface area is 127 Å². The first-order chi connectivity index (χ1) is 9.71. The van der Waals surface area contributed by atoms with Gasteiger partial charge in [0.1, 0.15) is 0 Å². The Morgan fingerprint density at radius 1 is 1.24 bits per heavy atom. The van der Waals surface area contributed by atoms with E-state index in [0.717, 1.165) is 32.4 Å². The van der Waals surface area contributed by atoms with Crippen molar-refractivity contribution in [3.8, 4) is 0 Å². The zero-order chi connectivity index (χ0) is 16.1. The fourth-order valence-electron chi connectivity index (χ4n) is 3.28. The zero-order valence-electron chi connectivity index (χ0n) is 13.9. The van der Waals surface area contributed by atoms with Gasteiger partial charge in [-0.3, -0.25) is 4.90 Å². The lowest BCUT2D eigenvalue weighted by atomic mass is 9.87. The molecule has 0 aliphatic carbocycles. The summed E-state index contributed by atoms with van der Waals surface area (Å²) in [6.45, 7) is 11.0. The highest BCUT2D eigenvalue weighted by Crippen LogP contribution is 2.27. The van der Waals surface area contributed by atoms with Crippen molar-refractivity contribution in [3.05, 3.63) is 0 Å². The molecule has 0 amide bonds. The van der Waals surface area contributed by atoms with Crippen LogP contribution in [-0.4, -0.2) is 42.3 Å². The Balaban J connectivity index is 2.64. The molecule has 1 heterocycles. The molecule has 0 spiro atoms. The maximum absolute atomic E-state index is 12.4. The number of piperazine rings is 1. The zero-order valence-corrected chi connectivity index (χ0v) is 13.9. The van der Waals surface area contributed by atoms with Crippen LogP contribution in [0.25, 0.3) is 0 Å². The van der Waals surface area contributed by atoms with Gasteiger partial charge in [-0.1, -0.05) is 27.7 Å². The van der Waals surface area contributed by atoms with Crippen LogP contribution >= 0.6 is 0 Å². The summed E-state index contributed by atoms with van der Waals surface area (Å²) in [6.07, 6.45) is -1.41. The SMILES string of the molecule is CCC1(CC)CN(CCCC(F)(F)F)C(CC(C)C)CN1. The number of nitrogens with zero attached hydrogens (tertiary/aromatic N) is 1. The Hall–Kier alpha value is -0.290. The van der Waals surface area contributed by atoms with Gasteiger partial charge in [0.05, 0.1) is 0 Å². The first kappa shape index (κ1) is 18.8. The molecule has 1 saturated heterocycles. The van der Waals surface area contributed by atoms with Crippen molar-refractivity contribution in [2.45, 2.75) is 77.6 Å². The van der Waals surface area contributed by atoms with Gasteiger partial charge in [-0.25, -0.2) is 0 Å². The van der Waals surface area contributed by atoms with Crippen molar-refractivity contribution in [1.82, 2.24) is 10.2 Å². The summed E-state index contributed by atoms with van der Waals surface area (Å²) in [5.41, 5.74) is 0.0751. The predicted molar refractivity (Wildman–Crippen MR) is 81.4 cm³/mol. The van der Waals surface area contributed by atoms with Gasteiger partial charge in [-0.05, 0) is 38.1 Å². The molecular weight excluding hydrogens is 277 g/mol. The van der Waals surface area contributed by atoms with E-state index in [0.29, 0.717) is 18.5 Å². The van der Waals surface area contributed by atoms with E-state index in [4.69, 9.17) is 0 Å². The third-order valence-electron chi connectivity index (χ3n) is 4.74. The smallest absolute Gasteiger partial charge is 0.308 e. The molecule has 0 saturated carbocycles. The van der Waals surface area contributed by atoms with Gasteiger partial charge in [0.15, 0.2) is 0 Å². The van der Waals surface area contributed by atoms with Gasteiger partial charge in [0.25, 0.3) is 0 Å². The highest BCUT2D eigenvalue weighted by Gasteiger charge is 2.37. The Bertz CT molecular complexity index is 298. The summed E-state index contributed by atoms with van der Waals surface area (Å²) in [4.78, 5) is 2.30. The first-order valence-corrected chi connectivity index (χ1v) is 8.27. The van der Waals surface area contributed by atoms with Crippen molar-refractivity contribution >= 4 is 0 Å². The number of nitrogens with one attached hydrogen (secondary N) is 1. The Morgan fingerprint density at radius 2 is 1.86 bits per heavy atom. The highest BCUT2D eigenvalue weighted by atomic mass is 19.4. The normalized spacial score (nSPS) is 23.7. The van der Waals surface area contributed by atoms with Gasteiger partial charge in [-0.15, -0.1) is 0 Å². The van der Waals surface area contributed by atoms with Crippen LogP contribution in [-0.2, 0) is 0 Å². The maximum atomic E-state index is 12.4. The summed E-state index contributed by atoms with van der Waals surface area (Å²) < 4.78 is 37.1. The molecule has 5 heteroatoms. The molecule has 0 bridgehead atoms. The van der Waals surface area contributed by atoms with E-state index in [1.54, 1.807) is 0 Å². The average Bonchev–Trinajstić information content (AvgIpc) is 2.39. The second-order valence-electron chi connectivity index (χ2n) is 6.84. The first-order valence-electron chi connectivity index (χ1n) is 8.27. The summed E-state index contributed by atoms with van der Waals surface area (Å²) >= 11 is 0. The van der Waals surface area contributed by atoms with E-state index in [-0.39, 0.29) is 12.0 Å². The molecule has 1 fully saturated rings.